The van der Waals surface area contributed by atoms with Gasteiger partial charge in [0, 0.05) is 31.6 Å². The highest BCUT2D eigenvalue weighted by atomic mass is 16.3. The lowest BCUT2D eigenvalue weighted by Crippen LogP contribution is -2.47. The molecule has 2 aliphatic heterocycles. The number of aliphatic hydroxyl groups is 2. The molecule has 254 valence electrons. The van der Waals surface area contributed by atoms with Crippen molar-refractivity contribution in [2.75, 3.05) is 19.7 Å². The van der Waals surface area contributed by atoms with Crippen LogP contribution in [-0.4, -0.2) is 68.8 Å². The van der Waals surface area contributed by atoms with Gasteiger partial charge in [-0.25, -0.2) is 0 Å². The number of carbonyl (C=O) groups is 2. The van der Waals surface area contributed by atoms with Crippen molar-refractivity contribution in [3.05, 3.63) is 81.4 Å². The zero-order valence-electron chi connectivity index (χ0n) is 28.8. The molecule has 2 fully saturated rings. The molecular formula is C40H54N2O5. The molecule has 2 amide bonds. The summed E-state index contributed by atoms with van der Waals surface area (Å²) in [6.45, 7) is 10.3. The van der Waals surface area contributed by atoms with Crippen LogP contribution < -0.4 is 0 Å². The van der Waals surface area contributed by atoms with E-state index in [-0.39, 0.29) is 24.5 Å². The maximum absolute atomic E-state index is 14.1. The normalized spacial score (nSPS) is 23.5. The van der Waals surface area contributed by atoms with Crippen molar-refractivity contribution in [3.8, 4) is 5.75 Å². The molecule has 0 saturated carbocycles. The molecular weight excluding hydrogens is 588 g/mol. The van der Waals surface area contributed by atoms with Gasteiger partial charge in [-0.05, 0) is 98.8 Å². The minimum Gasteiger partial charge on any atom is -0.507 e. The van der Waals surface area contributed by atoms with Gasteiger partial charge < -0.3 is 15.3 Å². The van der Waals surface area contributed by atoms with Gasteiger partial charge in [-0.3, -0.25) is 19.4 Å². The van der Waals surface area contributed by atoms with E-state index in [0.29, 0.717) is 25.0 Å². The van der Waals surface area contributed by atoms with Gasteiger partial charge in [0.2, 0.25) is 11.8 Å². The number of aromatic hydroxyl groups is 1. The number of fused-ring (bicyclic) bond motifs is 1. The predicted molar refractivity (Wildman–Crippen MR) is 186 cm³/mol. The summed E-state index contributed by atoms with van der Waals surface area (Å²) in [5.74, 6) is -1.56. The van der Waals surface area contributed by atoms with E-state index in [2.05, 4.69) is 49.1 Å². The summed E-state index contributed by atoms with van der Waals surface area (Å²) in [4.78, 5) is 32.0. The number of hydrogen-bond donors (Lipinski definition) is 3. The van der Waals surface area contributed by atoms with Crippen LogP contribution >= 0.6 is 0 Å². The zero-order valence-corrected chi connectivity index (χ0v) is 28.8. The fourth-order valence-corrected chi connectivity index (χ4v) is 8.44. The fourth-order valence-electron chi connectivity index (χ4n) is 8.44. The van der Waals surface area contributed by atoms with Gasteiger partial charge in [0.1, 0.15) is 5.75 Å². The number of carbonyl (C=O) groups excluding carboxylic acids is 2. The second-order valence-electron chi connectivity index (χ2n) is 14.1. The Labute approximate surface area is 281 Å². The Morgan fingerprint density at radius 2 is 1.66 bits per heavy atom. The van der Waals surface area contributed by atoms with Crippen molar-refractivity contribution < 1.29 is 24.9 Å². The second kappa shape index (κ2) is 15.8. The SMILES string of the molecule is CCCC1=C([C@H](O)CC/C(=C/c2cc(C)c(O)c(C)c2)CCC)[C@H](CO)[C@@H]2C(=O)N(C3CCN(Cc4ccccc4)CC3)C(=O)[C@@H]2C1. The monoisotopic (exact) mass is 642 g/mol. The number of piperidine rings is 1. The maximum Gasteiger partial charge on any atom is 0.234 e. The van der Waals surface area contributed by atoms with Crippen LogP contribution in [0.1, 0.15) is 93.9 Å². The fraction of sp³-hybridized carbons (Fsp3) is 0.550. The third-order valence-electron chi connectivity index (χ3n) is 10.7. The lowest BCUT2D eigenvalue weighted by Gasteiger charge is -2.37. The Morgan fingerprint density at radius 1 is 0.979 bits per heavy atom. The summed E-state index contributed by atoms with van der Waals surface area (Å²) in [5.41, 5.74) is 7.05. The van der Waals surface area contributed by atoms with Crippen molar-refractivity contribution >= 4 is 17.9 Å². The van der Waals surface area contributed by atoms with Crippen molar-refractivity contribution in [1.29, 1.82) is 0 Å². The molecule has 0 spiro atoms. The Morgan fingerprint density at radius 3 is 2.28 bits per heavy atom. The summed E-state index contributed by atoms with van der Waals surface area (Å²) in [7, 11) is 0. The highest BCUT2D eigenvalue weighted by Gasteiger charge is 2.56. The third-order valence-corrected chi connectivity index (χ3v) is 10.7. The van der Waals surface area contributed by atoms with Gasteiger partial charge in [-0.1, -0.05) is 74.2 Å². The molecule has 7 heteroatoms. The van der Waals surface area contributed by atoms with Crippen LogP contribution in [0.3, 0.4) is 0 Å². The lowest BCUT2D eigenvalue weighted by molar-refractivity contribution is -0.144. The Bertz CT molecular complexity index is 1450. The molecule has 2 aromatic rings. The number of aryl methyl sites for hydroxylation is 2. The number of hydrogen-bond acceptors (Lipinski definition) is 6. The number of phenolic OH excluding ortho intramolecular Hbond substituents is 1. The van der Waals surface area contributed by atoms with E-state index >= 15 is 0 Å². The van der Waals surface area contributed by atoms with E-state index in [1.165, 1.54) is 11.1 Å². The summed E-state index contributed by atoms with van der Waals surface area (Å²) < 4.78 is 0. The van der Waals surface area contributed by atoms with E-state index in [4.69, 9.17) is 0 Å². The van der Waals surface area contributed by atoms with Crippen LogP contribution in [-0.2, 0) is 16.1 Å². The number of allylic oxidation sites excluding steroid dienone is 2. The molecule has 4 atom stereocenters. The van der Waals surface area contributed by atoms with Gasteiger partial charge in [-0.2, -0.15) is 0 Å². The minimum absolute atomic E-state index is 0.0882. The van der Waals surface area contributed by atoms with Crippen LogP contribution in [0, 0.1) is 31.6 Å². The van der Waals surface area contributed by atoms with Gasteiger partial charge in [0.15, 0.2) is 0 Å². The summed E-state index contributed by atoms with van der Waals surface area (Å²) in [5, 5.41) is 32.8. The highest BCUT2D eigenvalue weighted by Crippen LogP contribution is 2.48. The number of amides is 2. The van der Waals surface area contributed by atoms with Gasteiger partial charge in [0.25, 0.3) is 0 Å². The second-order valence-corrected chi connectivity index (χ2v) is 14.1. The van der Waals surface area contributed by atoms with Crippen molar-refractivity contribution in [3.63, 3.8) is 0 Å². The number of nitrogens with zero attached hydrogens (tertiary/aromatic N) is 2. The van der Waals surface area contributed by atoms with E-state index in [0.717, 1.165) is 86.0 Å². The largest absolute Gasteiger partial charge is 0.507 e. The molecule has 2 heterocycles. The first-order chi connectivity index (χ1) is 22.7. The third kappa shape index (κ3) is 7.74. The van der Waals surface area contributed by atoms with Crippen LogP contribution in [0.15, 0.2) is 59.2 Å². The number of likely N-dealkylation sites (tertiary alicyclic amines) is 2. The highest BCUT2D eigenvalue weighted by molar-refractivity contribution is 6.06. The number of phenols is 1. The van der Waals surface area contributed by atoms with Gasteiger partial charge in [-0.15, -0.1) is 0 Å². The van der Waals surface area contributed by atoms with Crippen molar-refractivity contribution in [2.24, 2.45) is 17.8 Å². The smallest absolute Gasteiger partial charge is 0.234 e. The first-order valence-electron chi connectivity index (χ1n) is 17.8. The standard InChI is InChI=1S/C40H54N2O5/c1-5-10-28(22-30-20-26(3)38(45)27(4)21-30)14-15-35(44)36-31(11-6-2)23-33-37(34(36)25-43)40(47)42(39(33)46)32-16-18-41(19-17-32)24-29-12-8-7-9-13-29/h7-9,12-13,20-22,32-35,37,43-45H,5-6,10-11,14-19,23-25H2,1-4H3/b28-22+/t33-,34+,35-,37-/m1/s1. The van der Waals surface area contributed by atoms with E-state index in [1.54, 1.807) is 4.90 Å². The molecule has 1 aliphatic carbocycles. The van der Waals surface area contributed by atoms with Crippen LogP contribution in [0.4, 0.5) is 0 Å². The summed E-state index contributed by atoms with van der Waals surface area (Å²) >= 11 is 0. The molecule has 0 aromatic heterocycles. The summed E-state index contributed by atoms with van der Waals surface area (Å²) in [6.07, 6.45) is 8.02. The molecule has 0 radical (unpaired) electrons. The predicted octanol–water partition coefficient (Wildman–Crippen LogP) is 6.71. The number of rotatable bonds is 13. The van der Waals surface area contributed by atoms with Crippen molar-refractivity contribution in [1.82, 2.24) is 9.80 Å². The Kier molecular flexibility index (Phi) is 11.8. The number of aliphatic hydroxyl groups excluding tert-OH is 2. The molecule has 3 aliphatic rings. The molecule has 7 nitrogen and oxygen atoms in total. The van der Waals surface area contributed by atoms with Gasteiger partial charge >= 0.3 is 0 Å². The molecule has 3 N–H and O–H groups in total. The quantitative estimate of drug-likeness (QED) is 0.166. The van der Waals surface area contributed by atoms with Crippen molar-refractivity contribution in [2.45, 2.75) is 104 Å². The maximum atomic E-state index is 14.1. The number of benzene rings is 2. The average molecular weight is 643 g/mol. The Balaban J connectivity index is 1.31. The van der Waals surface area contributed by atoms with Gasteiger partial charge in [0.05, 0.1) is 24.5 Å². The van der Waals surface area contributed by atoms with E-state index in [9.17, 15) is 24.9 Å². The summed E-state index contributed by atoms with van der Waals surface area (Å²) in [6, 6.07) is 14.2. The molecule has 5 rings (SSSR count). The van der Waals surface area contributed by atoms with Crippen LogP contribution in [0.25, 0.3) is 6.08 Å². The van der Waals surface area contributed by atoms with Crippen LogP contribution in [0.2, 0.25) is 0 Å². The lowest BCUT2D eigenvalue weighted by atomic mass is 9.67. The molecule has 0 unspecified atom stereocenters. The topological polar surface area (TPSA) is 101 Å². The molecule has 2 aromatic carbocycles. The minimum atomic E-state index is -0.795. The van der Waals surface area contributed by atoms with E-state index in [1.807, 2.05) is 32.0 Å². The first-order valence-corrected chi connectivity index (χ1v) is 17.8. The van der Waals surface area contributed by atoms with Crippen LogP contribution in [0.5, 0.6) is 5.75 Å². The Hall–Kier alpha value is -3.26. The number of imide groups is 1. The molecule has 47 heavy (non-hydrogen) atoms. The average Bonchev–Trinajstić information content (AvgIpc) is 3.31. The molecule has 2 saturated heterocycles. The molecule has 0 bridgehead atoms. The first kappa shape index (κ1) is 35.1. The van der Waals surface area contributed by atoms with E-state index < -0.39 is 23.9 Å². The zero-order chi connectivity index (χ0) is 33.7.